The predicted octanol–water partition coefficient (Wildman–Crippen LogP) is 4.60. The Morgan fingerprint density at radius 3 is 2.21 bits per heavy atom. The van der Waals surface area contributed by atoms with Crippen LogP contribution in [-0.4, -0.2) is 5.11 Å². The van der Waals surface area contributed by atoms with E-state index in [1.54, 1.807) is 6.07 Å². The molecule has 1 atom stereocenters. The summed E-state index contributed by atoms with van der Waals surface area (Å²) < 4.78 is 13.7. The van der Waals surface area contributed by atoms with Gasteiger partial charge in [0.05, 0.1) is 0 Å². The molecule has 2 aromatic carbocycles. The average molecular weight is 323 g/mol. The first-order valence-corrected chi connectivity index (χ1v) is 6.90. The molecular formula is C16H16BrFO. The molecule has 1 N–H and O–H groups in total. The average Bonchev–Trinajstić information content (AvgIpc) is 2.33. The fourth-order valence-electron chi connectivity index (χ4n) is 2.17. The van der Waals surface area contributed by atoms with Crippen LogP contribution in [0.25, 0.3) is 0 Å². The molecule has 19 heavy (non-hydrogen) atoms. The van der Waals surface area contributed by atoms with E-state index >= 15 is 0 Å². The normalized spacial score (nSPS) is 12.5. The van der Waals surface area contributed by atoms with Gasteiger partial charge in [0.15, 0.2) is 0 Å². The highest BCUT2D eigenvalue weighted by Crippen LogP contribution is 2.31. The largest absolute Gasteiger partial charge is 0.384 e. The maximum absolute atomic E-state index is 13.1. The van der Waals surface area contributed by atoms with Gasteiger partial charge >= 0.3 is 0 Å². The van der Waals surface area contributed by atoms with Crippen LogP contribution in [-0.2, 0) is 0 Å². The third-order valence-electron chi connectivity index (χ3n) is 3.43. The molecule has 1 nitrogen and oxygen atoms in total. The first-order chi connectivity index (χ1) is 8.90. The molecule has 2 rings (SSSR count). The number of hydrogen-bond acceptors (Lipinski definition) is 1. The third kappa shape index (κ3) is 2.88. The van der Waals surface area contributed by atoms with Crippen molar-refractivity contribution in [3.8, 4) is 0 Å². The fraction of sp³-hybridized carbons (Fsp3) is 0.250. The summed E-state index contributed by atoms with van der Waals surface area (Å²) in [7, 11) is 0. The summed E-state index contributed by atoms with van der Waals surface area (Å²) in [4.78, 5) is 0. The van der Waals surface area contributed by atoms with Crippen LogP contribution in [0.4, 0.5) is 4.39 Å². The van der Waals surface area contributed by atoms with E-state index in [4.69, 9.17) is 0 Å². The quantitative estimate of drug-likeness (QED) is 0.857. The maximum atomic E-state index is 13.1. The minimum absolute atomic E-state index is 0.320. The minimum atomic E-state index is -0.755. The number of aryl methyl sites for hydroxylation is 3. The Bertz CT molecular complexity index is 622. The smallest absolute Gasteiger partial charge is 0.124 e. The van der Waals surface area contributed by atoms with E-state index in [-0.39, 0.29) is 5.82 Å². The Morgan fingerprint density at radius 2 is 1.58 bits per heavy atom. The lowest BCUT2D eigenvalue weighted by Gasteiger charge is -2.17. The number of rotatable bonds is 2. The molecule has 1 unspecified atom stereocenters. The van der Waals surface area contributed by atoms with E-state index in [0.29, 0.717) is 10.0 Å². The Morgan fingerprint density at radius 1 is 0.947 bits per heavy atom. The Balaban J connectivity index is 2.49. The van der Waals surface area contributed by atoms with Crippen molar-refractivity contribution >= 4 is 15.9 Å². The summed E-state index contributed by atoms with van der Waals surface area (Å²) >= 11 is 3.30. The second-order valence-electron chi connectivity index (χ2n) is 4.86. The Labute approximate surface area is 121 Å². The number of aliphatic hydroxyl groups excluding tert-OH is 1. The van der Waals surface area contributed by atoms with Crippen molar-refractivity contribution in [1.82, 2.24) is 0 Å². The zero-order valence-electron chi connectivity index (χ0n) is 11.2. The molecule has 0 saturated carbocycles. The standard InChI is InChI=1S/C16H16BrFO/c1-9-6-11(3)14(7-10(9)2)16(19)13-5-4-12(18)8-15(13)17/h4-8,16,19H,1-3H3. The summed E-state index contributed by atoms with van der Waals surface area (Å²) in [6, 6.07) is 8.39. The van der Waals surface area contributed by atoms with Crippen molar-refractivity contribution in [2.45, 2.75) is 26.9 Å². The van der Waals surface area contributed by atoms with Gasteiger partial charge in [-0.3, -0.25) is 0 Å². The monoisotopic (exact) mass is 322 g/mol. The number of benzene rings is 2. The molecule has 0 bridgehead atoms. The second-order valence-corrected chi connectivity index (χ2v) is 5.72. The van der Waals surface area contributed by atoms with Crippen LogP contribution < -0.4 is 0 Å². The maximum Gasteiger partial charge on any atom is 0.124 e. The van der Waals surface area contributed by atoms with Crippen molar-refractivity contribution in [3.63, 3.8) is 0 Å². The molecule has 0 aliphatic heterocycles. The molecule has 100 valence electrons. The van der Waals surface area contributed by atoms with E-state index in [9.17, 15) is 9.50 Å². The topological polar surface area (TPSA) is 20.2 Å². The van der Waals surface area contributed by atoms with Gasteiger partial charge in [-0.1, -0.05) is 34.1 Å². The molecule has 0 heterocycles. The molecule has 3 heteroatoms. The van der Waals surface area contributed by atoms with Crippen LogP contribution in [0.1, 0.15) is 33.9 Å². The number of halogens is 2. The molecule has 0 fully saturated rings. The molecule has 0 aliphatic rings. The number of aliphatic hydroxyl groups is 1. The van der Waals surface area contributed by atoms with Gasteiger partial charge in [-0.15, -0.1) is 0 Å². The molecule has 0 spiro atoms. The summed E-state index contributed by atoms with van der Waals surface area (Å²) in [6.07, 6.45) is -0.755. The lowest BCUT2D eigenvalue weighted by atomic mass is 9.93. The van der Waals surface area contributed by atoms with Gasteiger partial charge in [0.25, 0.3) is 0 Å². The van der Waals surface area contributed by atoms with Crippen molar-refractivity contribution < 1.29 is 9.50 Å². The highest BCUT2D eigenvalue weighted by atomic mass is 79.9. The lowest BCUT2D eigenvalue weighted by Crippen LogP contribution is -2.04. The van der Waals surface area contributed by atoms with Gasteiger partial charge < -0.3 is 5.11 Å². The minimum Gasteiger partial charge on any atom is -0.384 e. The van der Waals surface area contributed by atoms with Gasteiger partial charge in [0.1, 0.15) is 11.9 Å². The van der Waals surface area contributed by atoms with Gasteiger partial charge in [-0.25, -0.2) is 4.39 Å². The SMILES string of the molecule is Cc1cc(C)c(C(O)c2ccc(F)cc2Br)cc1C. The molecule has 0 amide bonds. The number of hydrogen-bond donors (Lipinski definition) is 1. The van der Waals surface area contributed by atoms with Crippen LogP contribution >= 0.6 is 15.9 Å². The summed E-state index contributed by atoms with van der Waals surface area (Å²) in [5.41, 5.74) is 4.90. The van der Waals surface area contributed by atoms with Crippen molar-refractivity contribution in [1.29, 1.82) is 0 Å². The Kier molecular flexibility index (Phi) is 4.07. The second kappa shape index (κ2) is 5.43. The van der Waals surface area contributed by atoms with Crippen LogP contribution in [0.5, 0.6) is 0 Å². The zero-order chi connectivity index (χ0) is 14.2. The summed E-state index contributed by atoms with van der Waals surface area (Å²) in [6.45, 7) is 6.04. The molecule has 0 aliphatic carbocycles. The van der Waals surface area contributed by atoms with Crippen molar-refractivity contribution in [2.75, 3.05) is 0 Å². The van der Waals surface area contributed by atoms with Crippen LogP contribution in [0.15, 0.2) is 34.8 Å². The van der Waals surface area contributed by atoms with E-state index in [0.717, 1.165) is 16.7 Å². The van der Waals surface area contributed by atoms with Crippen molar-refractivity contribution in [2.24, 2.45) is 0 Å². The lowest BCUT2D eigenvalue weighted by molar-refractivity contribution is 0.218. The molecule has 0 aromatic heterocycles. The van der Waals surface area contributed by atoms with Gasteiger partial charge in [0.2, 0.25) is 0 Å². The van der Waals surface area contributed by atoms with Gasteiger partial charge in [-0.05, 0) is 60.7 Å². The molecule has 0 saturated heterocycles. The predicted molar refractivity (Wildman–Crippen MR) is 78.8 cm³/mol. The third-order valence-corrected chi connectivity index (χ3v) is 4.12. The highest BCUT2D eigenvalue weighted by molar-refractivity contribution is 9.10. The van der Waals surface area contributed by atoms with Crippen LogP contribution in [0.2, 0.25) is 0 Å². The van der Waals surface area contributed by atoms with Gasteiger partial charge in [-0.2, -0.15) is 0 Å². The first-order valence-electron chi connectivity index (χ1n) is 6.11. The fourth-order valence-corrected chi connectivity index (χ4v) is 2.74. The Hall–Kier alpha value is -1.19. The molecule has 0 radical (unpaired) electrons. The molecule has 2 aromatic rings. The summed E-state index contributed by atoms with van der Waals surface area (Å²) in [5.74, 6) is -0.320. The van der Waals surface area contributed by atoms with Crippen LogP contribution in [0, 0.1) is 26.6 Å². The molecular weight excluding hydrogens is 307 g/mol. The van der Waals surface area contributed by atoms with E-state index in [2.05, 4.69) is 22.0 Å². The first kappa shape index (κ1) is 14.2. The van der Waals surface area contributed by atoms with Crippen LogP contribution in [0.3, 0.4) is 0 Å². The van der Waals surface area contributed by atoms with E-state index < -0.39 is 6.10 Å². The zero-order valence-corrected chi connectivity index (χ0v) is 12.8. The van der Waals surface area contributed by atoms with E-state index in [1.165, 1.54) is 17.7 Å². The van der Waals surface area contributed by atoms with Crippen molar-refractivity contribution in [3.05, 3.63) is 68.4 Å². The highest BCUT2D eigenvalue weighted by Gasteiger charge is 2.17. The van der Waals surface area contributed by atoms with Gasteiger partial charge in [0, 0.05) is 4.47 Å². The summed E-state index contributed by atoms with van der Waals surface area (Å²) in [5, 5.41) is 10.5. The van der Waals surface area contributed by atoms with E-state index in [1.807, 2.05) is 26.8 Å².